The predicted octanol–water partition coefficient (Wildman–Crippen LogP) is 3.70. The van der Waals surface area contributed by atoms with Gasteiger partial charge in [-0.15, -0.1) is 0 Å². The van der Waals surface area contributed by atoms with Gasteiger partial charge in [0.25, 0.3) is 5.91 Å². The Morgan fingerprint density at radius 2 is 2.00 bits per heavy atom. The largest absolute Gasteiger partial charge is 0.349 e. The summed E-state index contributed by atoms with van der Waals surface area (Å²) in [5.74, 6) is -0.579. The van der Waals surface area contributed by atoms with E-state index in [1.807, 2.05) is 32.0 Å². The minimum Gasteiger partial charge on any atom is -0.349 e. The van der Waals surface area contributed by atoms with Crippen molar-refractivity contribution in [1.29, 1.82) is 5.26 Å². The zero-order chi connectivity index (χ0) is 20.7. The Balaban J connectivity index is 2.12. The van der Waals surface area contributed by atoms with Crippen molar-refractivity contribution >= 4 is 23.6 Å². The monoisotopic (exact) mass is 378 g/mol. The summed E-state index contributed by atoms with van der Waals surface area (Å²) in [6.07, 6.45) is 2.65. The summed E-state index contributed by atoms with van der Waals surface area (Å²) in [7, 11) is 0. The molecule has 0 fully saturated rings. The molecule has 0 saturated carbocycles. The molecule has 6 nitrogen and oxygen atoms in total. The van der Waals surface area contributed by atoms with Gasteiger partial charge in [-0.05, 0) is 55.7 Å². The van der Waals surface area contributed by atoms with Crippen molar-refractivity contribution in [1.82, 2.24) is 9.88 Å². The molecule has 0 spiro atoms. The molecule has 0 atom stereocenters. The fourth-order valence-corrected chi connectivity index (χ4v) is 3.09. The molecule has 1 aromatic carbocycles. The summed E-state index contributed by atoms with van der Waals surface area (Å²) in [5, 5.41) is 14.9. The van der Waals surface area contributed by atoms with Gasteiger partial charge in [0.05, 0.1) is 0 Å². The van der Waals surface area contributed by atoms with E-state index in [0.29, 0.717) is 5.69 Å². The third-order valence-electron chi connectivity index (χ3n) is 4.43. The first-order valence-electron chi connectivity index (χ1n) is 9.29. The summed E-state index contributed by atoms with van der Waals surface area (Å²) in [6, 6.07) is 11.2. The van der Waals surface area contributed by atoms with Crippen LogP contribution in [0.4, 0.5) is 5.69 Å². The van der Waals surface area contributed by atoms with E-state index in [9.17, 15) is 14.9 Å². The lowest BCUT2D eigenvalue weighted by Crippen LogP contribution is -2.24. The number of amides is 2. The molecule has 2 N–H and O–H groups in total. The number of anilines is 1. The summed E-state index contributed by atoms with van der Waals surface area (Å²) < 4.78 is 2.19. The number of hydrogen-bond donors (Lipinski definition) is 2. The number of aromatic nitrogens is 1. The minimum atomic E-state index is -0.423. The molecule has 6 heteroatoms. The molecular formula is C22H26N4O2. The van der Waals surface area contributed by atoms with Gasteiger partial charge >= 0.3 is 0 Å². The van der Waals surface area contributed by atoms with E-state index in [1.165, 1.54) is 6.92 Å². The van der Waals surface area contributed by atoms with E-state index in [4.69, 9.17) is 0 Å². The van der Waals surface area contributed by atoms with Crippen LogP contribution in [0.3, 0.4) is 0 Å². The van der Waals surface area contributed by atoms with Gasteiger partial charge < -0.3 is 15.2 Å². The highest BCUT2D eigenvalue weighted by Gasteiger charge is 2.12. The normalized spacial score (nSPS) is 11.0. The maximum atomic E-state index is 12.5. The molecule has 0 radical (unpaired) electrons. The third-order valence-corrected chi connectivity index (χ3v) is 4.43. The molecule has 2 rings (SSSR count). The van der Waals surface area contributed by atoms with Crippen molar-refractivity contribution in [3.63, 3.8) is 0 Å². The van der Waals surface area contributed by atoms with Gasteiger partial charge in [0.15, 0.2) is 0 Å². The first-order valence-corrected chi connectivity index (χ1v) is 9.29. The van der Waals surface area contributed by atoms with Gasteiger partial charge in [0, 0.05) is 37.1 Å². The molecule has 0 aliphatic carbocycles. The van der Waals surface area contributed by atoms with Crippen molar-refractivity contribution in [3.05, 3.63) is 58.4 Å². The molecule has 0 saturated heterocycles. The lowest BCUT2D eigenvalue weighted by Gasteiger charge is -2.08. The summed E-state index contributed by atoms with van der Waals surface area (Å²) in [5.41, 5.74) is 4.60. The smallest absolute Gasteiger partial charge is 0.262 e. The van der Waals surface area contributed by atoms with Crippen LogP contribution in [0.2, 0.25) is 0 Å². The lowest BCUT2D eigenvalue weighted by molar-refractivity contribution is -0.117. The standard InChI is InChI=1S/C22H26N4O2/c1-5-9-26-15(2)10-19(16(26)3)12-20(13-23)22(28)24-14-18-7-6-8-21(11-18)25-17(4)27/h6-8,10-12H,5,9,14H2,1-4H3,(H,24,28)(H,25,27)/b20-12+. The number of nitriles is 1. The molecular weight excluding hydrogens is 352 g/mol. The second-order valence-electron chi connectivity index (χ2n) is 6.71. The Labute approximate surface area is 165 Å². The number of rotatable bonds is 7. The number of nitrogens with zero attached hydrogens (tertiary/aromatic N) is 2. The summed E-state index contributed by atoms with van der Waals surface area (Å²) >= 11 is 0. The van der Waals surface area contributed by atoms with E-state index in [1.54, 1.807) is 24.3 Å². The quantitative estimate of drug-likeness (QED) is 0.569. The van der Waals surface area contributed by atoms with Gasteiger partial charge in [-0.25, -0.2) is 0 Å². The molecule has 2 aromatic rings. The van der Waals surface area contributed by atoms with Crippen molar-refractivity contribution < 1.29 is 9.59 Å². The minimum absolute atomic E-state index is 0.0646. The first kappa shape index (κ1) is 21.0. The van der Waals surface area contributed by atoms with Crippen LogP contribution in [0.5, 0.6) is 0 Å². The number of benzene rings is 1. The van der Waals surface area contributed by atoms with Crippen molar-refractivity contribution in [2.75, 3.05) is 5.32 Å². The molecule has 28 heavy (non-hydrogen) atoms. The number of aryl methyl sites for hydroxylation is 1. The van der Waals surface area contributed by atoms with E-state index < -0.39 is 5.91 Å². The van der Waals surface area contributed by atoms with Crippen LogP contribution in [0, 0.1) is 25.2 Å². The van der Waals surface area contributed by atoms with E-state index in [0.717, 1.165) is 35.5 Å². The van der Waals surface area contributed by atoms with Crippen molar-refractivity contribution in [3.8, 4) is 6.07 Å². The van der Waals surface area contributed by atoms with Crippen LogP contribution < -0.4 is 10.6 Å². The fraction of sp³-hybridized carbons (Fsp3) is 0.318. The zero-order valence-corrected chi connectivity index (χ0v) is 16.8. The maximum Gasteiger partial charge on any atom is 0.262 e. The number of hydrogen-bond acceptors (Lipinski definition) is 3. The van der Waals surface area contributed by atoms with Crippen molar-refractivity contribution in [2.24, 2.45) is 0 Å². The number of carbonyl (C=O) groups excluding carboxylic acids is 2. The summed E-state index contributed by atoms with van der Waals surface area (Å²) in [6.45, 7) is 8.74. The molecule has 0 bridgehead atoms. The van der Waals surface area contributed by atoms with E-state index in [2.05, 4.69) is 22.1 Å². The SMILES string of the molecule is CCCn1c(C)cc(/C=C(\C#N)C(=O)NCc2cccc(NC(C)=O)c2)c1C. The highest BCUT2D eigenvalue weighted by Crippen LogP contribution is 2.19. The van der Waals surface area contributed by atoms with Crippen molar-refractivity contribution in [2.45, 2.75) is 47.2 Å². The maximum absolute atomic E-state index is 12.5. The van der Waals surface area contributed by atoms with Gasteiger partial charge in [0.2, 0.25) is 5.91 Å². The first-order chi connectivity index (χ1) is 13.3. The van der Waals surface area contributed by atoms with Crippen LogP contribution in [0.15, 0.2) is 35.9 Å². The van der Waals surface area contributed by atoms with Gasteiger partial charge in [-0.2, -0.15) is 5.26 Å². The molecule has 2 amide bonds. The third kappa shape index (κ3) is 5.34. The molecule has 0 aliphatic heterocycles. The Hall–Kier alpha value is -3.33. The van der Waals surface area contributed by atoms with Crippen LogP contribution >= 0.6 is 0 Å². The van der Waals surface area contributed by atoms with E-state index >= 15 is 0 Å². The molecule has 0 aliphatic rings. The number of carbonyl (C=O) groups is 2. The number of nitrogens with one attached hydrogen (secondary N) is 2. The second-order valence-corrected chi connectivity index (χ2v) is 6.71. The Kier molecular flexibility index (Phi) is 7.16. The average molecular weight is 378 g/mol. The van der Waals surface area contributed by atoms with Crippen LogP contribution in [-0.4, -0.2) is 16.4 Å². The lowest BCUT2D eigenvalue weighted by atomic mass is 10.1. The highest BCUT2D eigenvalue weighted by molar-refractivity contribution is 6.01. The topological polar surface area (TPSA) is 86.9 Å². The van der Waals surface area contributed by atoms with Crippen LogP contribution in [-0.2, 0) is 22.7 Å². The second kappa shape index (κ2) is 9.56. The molecule has 0 unspecified atom stereocenters. The Morgan fingerprint density at radius 3 is 2.64 bits per heavy atom. The van der Waals surface area contributed by atoms with Crippen LogP contribution in [0.25, 0.3) is 6.08 Å². The summed E-state index contributed by atoms with van der Waals surface area (Å²) in [4.78, 5) is 23.6. The Bertz CT molecular complexity index is 948. The van der Waals surface area contributed by atoms with Gasteiger partial charge in [-0.3, -0.25) is 9.59 Å². The zero-order valence-electron chi connectivity index (χ0n) is 16.8. The van der Waals surface area contributed by atoms with Gasteiger partial charge in [-0.1, -0.05) is 19.1 Å². The van der Waals surface area contributed by atoms with Crippen LogP contribution in [0.1, 0.15) is 42.8 Å². The molecule has 1 aromatic heterocycles. The van der Waals surface area contributed by atoms with Gasteiger partial charge in [0.1, 0.15) is 11.6 Å². The van der Waals surface area contributed by atoms with E-state index in [-0.39, 0.29) is 18.0 Å². The molecule has 1 heterocycles. The fourth-order valence-electron chi connectivity index (χ4n) is 3.09. The highest BCUT2D eigenvalue weighted by atomic mass is 16.2. The average Bonchev–Trinajstić information content (AvgIpc) is 2.91. The predicted molar refractivity (Wildman–Crippen MR) is 110 cm³/mol. The molecule has 146 valence electrons. The Morgan fingerprint density at radius 1 is 1.25 bits per heavy atom.